The Kier molecular flexibility index (Phi) is 6.80. The maximum absolute atomic E-state index is 13.0. The molecule has 0 fully saturated rings. The fourth-order valence-corrected chi connectivity index (χ4v) is 4.16. The molecule has 0 saturated heterocycles. The maximum Gasteiger partial charge on any atom is 0.267 e. The summed E-state index contributed by atoms with van der Waals surface area (Å²) < 4.78 is 5.36. The maximum atomic E-state index is 13.0. The molecule has 0 radical (unpaired) electrons. The molecule has 1 aliphatic rings. The van der Waals surface area contributed by atoms with Crippen LogP contribution in [-0.4, -0.2) is 23.3 Å². The minimum absolute atomic E-state index is 0.210. The average molecular weight is 404 g/mol. The van der Waals surface area contributed by atoms with E-state index in [-0.39, 0.29) is 11.8 Å². The lowest BCUT2D eigenvalue weighted by Crippen LogP contribution is -2.32. The highest BCUT2D eigenvalue weighted by Gasteiger charge is 2.38. The van der Waals surface area contributed by atoms with Crippen LogP contribution >= 0.6 is 23.4 Å². The van der Waals surface area contributed by atoms with Gasteiger partial charge in [-0.3, -0.25) is 14.5 Å². The number of benzene rings is 1. The van der Waals surface area contributed by atoms with E-state index in [4.69, 9.17) is 16.0 Å². The van der Waals surface area contributed by atoms with Gasteiger partial charge in [0.25, 0.3) is 11.8 Å². The first-order chi connectivity index (χ1) is 13.1. The van der Waals surface area contributed by atoms with Gasteiger partial charge < -0.3 is 4.42 Å². The number of halogens is 1. The normalized spacial score (nSPS) is 14.5. The largest absolute Gasteiger partial charge is 0.468 e. The Morgan fingerprint density at radius 2 is 1.81 bits per heavy atom. The molecule has 0 aliphatic carbocycles. The number of furan rings is 1. The van der Waals surface area contributed by atoms with E-state index in [1.165, 1.54) is 16.7 Å². The van der Waals surface area contributed by atoms with Gasteiger partial charge in [0.1, 0.15) is 5.76 Å². The Balaban J connectivity index is 1.84. The third-order valence-electron chi connectivity index (χ3n) is 4.43. The molecule has 0 bridgehead atoms. The molecule has 1 aliphatic heterocycles. The van der Waals surface area contributed by atoms with Crippen LogP contribution in [0.15, 0.2) is 52.0 Å². The van der Waals surface area contributed by atoms with Gasteiger partial charge >= 0.3 is 0 Å². The third-order valence-corrected chi connectivity index (χ3v) is 5.78. The first-order valence-corrected chi connectivity index (χ1v) is 10.5. The van der Waals surface area contributed by atoms with Gasteiger partial charge in [-0.05, 0) is 36.2 Å². The summed E-state index contributed by atoms with van der Waals surface area (Å²) in [5, 5.41) is 0.595. The van der Waals surface area contributed by atoms with Gasteiger partial charge in [0, 0.05) is 11.6 Å². The number of hydrogen-bond donors (Lipinski definition) is 0. The van der Waals surface area contributed by atoms with E-state index in [9.17, 15) is 9.59 Å². The van der Waals surface area contributed by atoms with E-state index < -0.39 is 0 Å². The quantitative estimate of drug-likeness (QED) is 0.408. The third kappa shape index (κ3) is 4.66. The van der Waals surface area contributed by atoms with E-state index in [1.807, 2.05) is 12.1 Å². The molecule has 3 rings (SSSR count). The van der Waals surface area contributed by atoms with E-state index in [2.05, 4.69) is 6.92 Å². The van der Waals surface area contributed by atoms with Crippen LogP contribution in [0.5, 0.6) is 0 Å². The van der Waals surface area contributed by atoms with Crippen LogP contribution in [0.3, 0.4) is 0 Å². The van der Waals surface area contributed by atoms with E-state index >= 15 is 0 Å². The number of carbonyl (C=O) groups is 2. The van der Waals surface area contributed by atoms with Crippen LogP contribution in [0.2, 0.25) is 5.02 Å². The number of rotatable bonds is 9. The minimum atomic E-state index is -0.222. The summed E-state index contributed by atoms with van der Waals surface area (Å²) in [6, 6.07) is 10.7. The molecule has 6 heteroatoms. The Hall–Kier alpha value is -1.98. The fraction of sp³-hybridized carbons (Fsp3) is 0.333. The zero-order valence-electron chi connectivity index (χ0n) is 15.2. The number of carbonyl (C=O) groups excluding carboxylic acids is 2. The molecule has 2 amide bonds. The zero-order valence-corrected chi connectivity index (χ0v) is 16.8. The van der Waals surface area contributed by atoms with Gasteiger partial charge in [-0.15, -0.1) is 11.8 Å². The fourth-order valence-electron chi connectivity index (χ4n) is 3.00. The average Bonchev–Trinajstić information content (AvgIpc) is 3.26. The van der Waals surface area contributed by atoms with Crippen LogP contribution in [-0.2, 0) is 15.3 Å². The van der Waals surface area contributed by atoms with Crippen molar-refractivity contribution in [2.75, 3.05) is 6.54 Å². The Morgan fingerprint density at radius 1 is 1.04 bits per heavy atom. The van der Waals surface area contributed by atoms with Crippen molar-refractivity contribution in [3.05, 3.63) is 63.9 Å². The predicted octanol–water partition coefficient (Wildman–Crippen LogP) is 5.53. The van der Waals surface area contributed by atoms with Gasteiger partial charge in [-0.1, -0.05) is 49.9 Å². The predicted molar refractivity (Wildman–Crippen MR) is 109 cm³/mol. The molecule has 0 N–H and O–H groups in total. The van der Waals surface area contributed by atoms with Crippen LogP contribution < -0.4 is 0 Å². The molecule has 1 aromatic carbocycles. The van der Waals surface area contributed by atoms with Crippen molar-refractivity contribution in [1.82, 2.24) is 4.90 Å². The lowest BCUT2D eigenvalue weighted by Gasteiger charge is -2.14. The van der Waals surface area contributed by atoms with Crippen LogP contribution in [0, 0.1) is 0 Å². The minimum Gasteiger partial charge on any atom is -0.468 e. The zero-order chi connectivity index (χ0) is 19.2. The molecular weight excluding hydrogens is 382 g/mol. The summed E-state index contributed by atoms with van der Waals surface area (Å²) in [6.45, 7) is 2.59. The molecule has 0 unspecified atom stereocenters. The summed E-state index contributed by atoms with van der Waals surface area (Å²) in [5.41, 5.74) is 1.18. The van der Waals surface area contributed by atoms with Crippen molar-refractivity contribution < 1.29 is 14.0 Å². The Bertz CT molecular complexity index is 828. The molecule has 142 valence electrons. The van der Waals surface area contributed by atoms with Crippen molar-refractivity contribution in [2.45, 2.75) is 38.4 Å². The van der Waals surface area contributed by atoms with Crippen LogP contribution in [0.1, 0.15) is 43.9 Å². The van der Waals surface area contributed by atoms with Gasteiger partial charge in [0.2, 0.25) is 0 Å². The Labute approximate surface area is 168 Å². The summed E-state index contributed by atoms with van der Waals surface area (Å²) in [4.78, 5) is 27.8. The number of unbranched alkanes of at least 4 members (excludes halogenated alkanes) is 3. The number of thioether (sulfide) groups is 1. The van der Waals surface area contributed by atoms with Gasteiger partial charge in [-0.25, -0.2) is 0 Å². The molecule has 1 aromatic heterocycles. The first-order valence-electron chi connectivity index (χ1n) is 9.13. The van der Waals surface area contributed by atoms with E-state index in [1.54, 1.807) is 30.5 Å². The van der Waals surface area contributed by atoms with Gasteiger partial charge in [0.05, 0.1) is 22.5 Å². The SMILES string of the molecule is CCCCCCN1C(=O)C(SCc2ccco2)=C(c2ccc(Cl)cc2)C1=O. The van der Waals surface area contributed by atoms with Crippen LogP contribution in [0.25, 0.3) is 5.57 Å². The van der Waals surface area contributed by atoms with E-state index in [0.29, 0.717) is 27.8 Å². The standard InChI is InChI=1S/C21H22ClNO3S/c1-2-3-4-5-12-23-20(24)18(15-8-10-16(22)11-9-15)19(21(23)25)27-14-17-7-6-13-26-17/h6-11,13H,2-5,12,14H2,1H3. The molecular formula is C21H22ClNO3S. The smallest absolute Gasteiger partial charge is 0.267 e. The van der Waals surface area contributed by atoms with Crippen molar-refractivity contribution in [3.8, 4) is 0 Å². The monoisotopic (exact) mass is 403 g/mol. The molecule has 2 aromatic rings. The molecule has 0 atom stereocenters. The molecule has 4 nitrogen and oxygen atoms in total. The summed E-state index contributed by atoms with van der Waals surface area (Å²) >= 11 is 7.33. The topological polar surface area (TPSA) is 50.5 Å². The lowest BCUT2D eigenvalue weighted by molar-refractivity contribution is -0.136. The second-order valence-corrected chi connectivity index (χ2v) is 7.82. The first kappa shape index (κ1) is 19.8. The number of amides is 2. The molecule has 0 saturated carbocycles. The number of nitrogens with zero attached hydrogens (tertiary/aromatic N) is 1. The highest BCUT2D eigenvalue weighted by molar-refractivity contribution is 8.03. The van der Waals surface area contributed by atoms with Gasteiger partial charge in [-0.2, -0.15) is 0 Å². The number of imide groups is 1. The second-order valence-electron chi connectivity index (χ2n) is 6.40. The Morgan fingerprint density at radius 3 is 2.48 bits per heavy atom. The van der Waals surface area contributed by atoms with E-state index in [0.717, 1.165) is 37.0 Å². The lowest BCUT2D eigenvalue weighted by atomic mass is 10.1. The van der Waals surface area contributed by atoms with Crippen molar-refractivity contribution >= 4 is 40.8 Å². The molecule has 27 heavy (non-hydrogen) atoms. The molecule has 0 spiro atoms. The summed E-state index contributed by atoms with van der Waals surface area (Å²) in [7, 11) is 0. The van der Waals surface area contributed by atoms with Crippen LogP contribution in [0.4, 0.5) is 0 Å². The highest BCUT2D eigenvalue weighted by atomic mass is 35.5. The molecule has 2 heterocycles. The van der Waals surface area contributed by atoms with Crippen molar-refractivity contribution in [1.29, 1.82) is 0 Å². The summed E-state index contributed by atoms with van der Waals surface area (Å²) in [6.07, 6.45) is 5.66. The summed E-state index contributed by atoms with van der Waals surface area (Å²) in [5.74, 6) is 0.839. The van der Waals surface area contributed by atoms with Crippen molar-refractivity contribution in [2.24, 2.45) is 0 Å². The van der Waals surface area contributed by atoms with Gasteiger partial charge in [0.15, 0.2) is 0 Å². The number of hydrogen-bond acceptors (Lipinski definition) is 4. The second kappa shape index (κ2) is 9.29. The van der Waals surface area contributed by atoms with Crippen molar-refractivity contribution in [3.63, 3.8) is 0 Å². The highest BCUT2D eigenvalue weighted by Crippen LogP contribution is 2.38.